The number of nitrogens with zero attached hydrogens (tertiary/aromatic N) is 5. The normalized spacial score (nSPS) is 11.4. The molecule has 0 saturated heterocycles. The first kappa shape index (κ1) is 13.5. The number of tetrazole rings is 1. The zero-order chi connectivity index (χ0) is 13.8. The fraction of sp³-hybridized carbons (Fsp3) is 0.462. The van der Waals surface area contributed by atoms with E-state index in [1.54, 1.807) is 7.05 Å². The number of rotatable bonds is 5. The highest BCUT2D eigenvalue weighted by Gasteiger charge is 2.14. The van der Waals surface area contributed by atoms with Crippen LogP contribution in [0.4, 0.5) is 5.69 Å². The van der Waals surface area contributed by atoms with Crippen molar-refractivity contribution in [1.29, 1.82) is 0 Å². The van der Waals surface area contributed by atoms with Crippen LogP contribution in [0.15, 0.2) is 24.3 Å². The molecule has 1 aromatic heterocycles. The second kappa shape index (κ2) is 5.79. The number of nitrogen functional groups attached to an aromatic ring is 1. The number of aryl methyl sites for hydroxylation is 1. The Morgan fingerprint density at radius 1 is 1.26 bits per heavy atom. The number of para-hydroxylation sites is 1. The summed E-state index contributed by atoms with van der Waals surface area (Å²) in [6.45, 7) is 5.74. The van der Waals surface area contributed by atoms with Crippen LogP contribution in [-0.2, 0) is 20.1 Å². The zero-order valence-electron chi connectivity index (χ0n) is 11.6. The summed E-state index contributed by atoms with van der Waals surface area (Å²) in [6.07, 6.45) is 0. The average Bonchev–Trinajstić information content (AvgIpc) is 2.76. The smallest absolute Gasteiger partial charge is 0.188 e. The molecule has 1 aromatic carbocycles. The molecule has 0 aliphatic rings. The van der Waals surface area contributed by atoms with Gasteiger partial charge in [0.25, 0.3) is 0 Å². The van der Waals surface area contributed by atoms with Crippen molar-refractivity contribution < 1.29 is 0 Å². The molecule has 0 fully saturated rings. The van der Waals surface area contributed by atoms with Crippen LogP contribution < -0.4 is 5.73 Å². The van der Waals surface area contributed by atoms with Crippen molar-refractivity contribution in [2.75, 3.05) is 5.73 Å². The van der Waals surface area contributed by atoms with E-state index in [4.69, 9.17) is 5.73 Å². The van der Waals surface area contributed by atoms with Gasteiger partial charge in [0.1, 0.15) is 0 Å². The Morgan fingerprint density at radius 3 is 2.58 bits per heavy atom. The third-order valence-corrected chi connectivity index (χ3v) is 3.05. The fourth-order valence-electron chi connectivity index (χ4n) is 1.89. The Balaban J connectivity index is 2.11. The van der Waals surface area contributed by atoms with Gasteiger partial charge in [0.2, 0.25) is 0 Å². The van der Waals surface area contributed by atoms with E-state index in [-0.39, 0.29) is 0 Å². The van der Waals surface area contributed by atoms with Gasteiger partial charge in [-0.15, -0.1) is 10.2 Å². The lowest BCUT2D eigenvalue weighted by molar-refractivity contribution is 0.198. The minimum Gasteiger partial charge on any atom is -0.398 e. The summed E-state index contributed by atoms with van der Waals surface area (Å²) in [5.41, 5.74) is 7.94. The topological polar surface area (TPSA) is 72.9 Å². The van der Waals surface area contributed by atoms with Gasteiger partial charge in [0, 0.05) is 18.3 Å². The molecule has 0 aliphatic carbocycles. The molecule has 6 heteroatoms. The maximum absolute atomic E-state index is 5.99. The van der Waals surface area contributed by atoms with Crippen molar-refractivity contribution in [1.82, 2.24) is 25.1 Å². The van der Waals surface area contributed by atoms with Crippen LogP contribution in [0.1, 0.15) is 25.2 Å². The molecule has 19 heavy (non-hydrogen) atoms. The van der Waals surface area contributed by atoms with Crippen LogP contribution in [0.2, 0.25) is 0 Å². The van der Waals surface area contributed by atoms with Crippen LogP contribution in [-0.4, -0.2) is 31.1 Å². The van der Waals surface area contributed by atoms with Crippen molar-refractivity contribution >= 4 is 5.69 Å². The van der Waals surface area contributed by atoms with Crippen molar-refractivity contribution in [2.24, 2.45) is 7.05 Å². The highest BCUT2D eigenvalue weighted by molar-refractivity contribution is 5.46. The summed E-state index contributed by atoms with van der Waals surface area (Å²) in [5, 5.41) is 12.1. The highest BCUT2D eigenvalue weighted by Crippen LogP contribution is 2.16. The maximum Gasteiger partial charge on any atom is 0.188 e. The van der Waals surface area contributed by atoms with E-state index in [9.17, 15) is 0 Å². The van der Waals surface area contributed by atoms with Crippen LogP contribution in [0.5, 0.6) is 0 Å². The van der Waals surface area contributed by atoms with Gasteiger partial charge in [-0.05, 0) is 30.7 Å². The molecule has 0 saturated carbocycles. The number of hydrogen-bond donors (Lipinski definition) is 1. The minimum absolute atomic E-state index is 0.378. The molecule has 0 bridgehead atoms. The zero-order valence-corrected chi connectivity index (χ0v) is 11.6. The van der Waals surface area contributed by atoms with Gasteiger partial charge in [-0.25, -0.2) is 0 Å². The molecule has 0 radical (unpaired) electrons. The maximum atomic E-state index is 5.99. The van der Waals surface area contributed by atoms with E-state index in [0.29, 0.717) is 12.6 Å². The molecule has 102 valence electrons. The molecule has 2 rings (SSSR count). The predicted octanol–water partition coefficient (Wildman–Crippen LogP) is 1.20. The number of anilines is 1. The van der Waals surface area contributed by atoms with E-state index in [1.807, 2.05) is 18.2 Å². The lowest BCUT2D eigenvalue weighted by Crippen LogP contribution is -2.30. The van der Waals surface area contributed by atoms with Crippen LogP contribution in [0.3, 0.4) is 0 Å². The summed E-state index contributed by atoms with van der Waals surface area (Å²) >= 11 is 0. The summed E-state index contributed by atoms with van der Waals surface area (Å²) in [7, 11) is 1.77. The first-order valence-electron chi connectivity index (χ1n) is 6.36. The Bertz CT molecular complexity index is 533. The lowest BCUT2D eigenvalue weighted by Gasteiger charge is -2.25. The van der Waals surface area contributed by atoms with Crippen LogP contribution in [0.25, 0.3) is 0 Å². The van der Waals surface area contributed by atoms with E-state index < -0.39 is 0 Å². The quantitative estimate of drug-likeness (QED) is 0.818. The molecule has 0 atom stereocenters. The molecule has 6 nitrogen and oxygen atoms in total. The summed E-state index contributed by atoms with van der Waals surface area (Å²) in [5.74, 6) is 0.728. The molecule has 0 unspecified atom stereocenters. The van der Waals surface area contributed by atoms with Crippen molar-refractivity contribution in [3.05, 3.63) is 35.7 Å². The highest BCUT2D eigenvalue weighted by atomic mass is 15.6. The van der Waals surface area contributed by atoms with Crippen molar-refractivity contribution in [3.63, 3.8) is 0 Å². The monoisotopic (exact) mass is 260 g/mol. The standard InChI is InChI=1S/C13H20N6/c1-10(2)19(9-13-15-17-18(3)16-13)8-11-6-4-5-7-12(11)14/h4-7,10H,8-9,14H2,1-3H3. The largest absolute Gasteiger partial charge is 0.398 e. The molecule has 0 spiro atoms. The summed E-state index contributed by atoms with van der Waals surface area (Å²) in [4.78, 5) is 3.74. The van der Waals surface area contributed by atoms with Gasteiger partial charge in [0.05, 0.1) is 13.6 Å². The molecule has 0 aliphatic heterocycles. The number of benzene rings is 1. The van der Waals surface area contributed by atoms with Gasteiger partial charge >= 0.3 is 0 Å². The Kier molecular flexibility index (Phi) is 4.11. The first-order valence-corrected chi connectivity index (χ1v) is 6.36. The predicted molar refractivity (Wildman–Crippen MR) is 74.0 cm³/mol. The molecular weight excluding hydrogens is 240 g/mol. The number of nitrogens with two attached hydrogens (primary N) is 1. The molecule has 2 N–H and O–H groups in total. The fourth-order valence-corrected chi connectivity index (χ4v) is 1.89. The van der Waals surface area contributed by atoms with Crippen LogP contribution >= 0.6 is 0 Å². The summed E-state index contributed by atoms with van der Waals surface area (Å²) in [6, 6.07) is 8.31. The van der Waals surface area contributed by atoms with Gasteiger partial charge in [-0.2, -0.15) is 4.80 Å². The van der Waals surface area contributed by atoms with E-state index in [0.717, 1.165) is 23.6 Å². The molecule has 0 amide bonds. The number of aromatic nitrogens is 4. The third kappa shape index (κ3) is 3.51. The average molecular weight is 260 g/mol. The Morgan fingerprint density at radius 2 is 2.00 bits per heavy atom. The van der Waals surface area contributed by atoms with E-state index in [1.165, 1.54) is 4.80 Å². The molecular formula is C13H20N6. The SMILES string of the molecule is CC(C)N(Cc1nnn(C)n1)Cc1ccccc1N. The van der Waals surface area contributed by atoms with Crippen LogP contribution in [0, 0.1) is 0 Å². The lowest BCUT2D eigenvalue weighted by atomic mass is 10.1. The van der Waals surface area contributed by atoms with Crippen molar-refractivity contribution in [2.45, 2.75) is 33.0 Å². The van der Waals surface area contributed by atoms with E-state index in [2.05, 4.69) is 40.2 Å². The van der Waals surface area contributed by atoms with Crippen molar-refractivity contribution in [3.8, 4) is 0 Å². The second-order valence-corrected chi connectivity index (χ2v) is 4.89. The molecule has 2 aromatic rings. The second-order valence-electron chi connectivity index (χ2n) is 4.89. The van der Waals surface area contributed by atoms with Gasteiger partial charge in [-0.3, -0.25) is 4.90 Å². The van der Waals surface area contributed by atoms with Gasteiger partial charge in [-0.1, -0.05) is 18.2 Å². The van der Waals surface area contributed by atoms with Gasteiger partial charge < -0.3 is 5.73 Å². The van der Waals surface area contributed by atoms with Gasteiger partial charge in [0.15, 0.2) is 5.82 Å². The Labute approximate surface area is 113 Å². The molecule has 1 heterocycles. The minimum atomic E-state index is 0.378. The number of hydrogen-bond acceptors (Lipinski definition) is 5. The third-order valence-electron chi connectivity index (χ3n) is 3.05. The first-order chi connectivity index (χ1) is 9.06. The van der Waals surface area contributed by atoms with E-state index >= 15 is 0 Å². The Hall–Kier alpha value is -1.95. The summed E-state index contributed by atoms with van der Waals surface area (Å²) < 4.78 is 0.